The van der Waals surface area contributed by atoms with E-state index in [-0.39, 0.29) is 11.6 Å². The Morgan fingerprint density at radius 3 is 2.76 bits per heavy atom. The third-order valence-corrected chi connectivity index (χ3v) is 4.08. The number of nitrogens with one attached hydrogen (secondary N) is 1. The van der Waals surface area contributed by atoms with Crippen LogP contribution in [0.25, 0.3) is 0 Å². The van der Waals surface area contributed by atoms with Gasteiger partial charge in [0.2, 0.25) is 5.09 Å². The van der Waals surface area contributed by atoms with Crippen molar-refractivity contribution < 1.29 is 12.8 Å². The lowest BCUT2D eigenvalue weighted by molar-refractivity contribution is 0.380. The Morgan fingerprint density at radius 1 is 1.53 bits per heavy atom. The van der Waals surface area contributed by atoms with Crippen molar-refractivity contribution in [2.45, 2.75) is 18.6 Å². The molecule has 0 saturated heterocycles. The molecule has 0 aromatic carbocycles. The molecule has 0 aliphatic heterocycles. The van der Waals surface area contributed by atoms with Gasteiger partial charge in [-0.05, 0) is 19.2 Å². The minimum Gasteiger partial charge on any atom is -0.447 e. The van der Waals surface area contributed by atoms with Gasteiger partial charge in [-0.2, -0.15) is 4.31 Å². The number of likely N-dealkylation sites (N-methyl/N-ethyl adjacent to an activating group) is 1. The molecule has 0 bridgehead atoms. The van der Waals surface area contributed by atoms with Crippen molar-refractivity contribution in [1.29, 1.82) is 0 Å². The molecule has 0 fully saturated rings. The maximum atomic E-state index is 12.1. The Bertz CT molecular complexity index is 465. The third-order valence-electron chi connectivity index (χ3n) is 2.27. The highest BCUT2D eigenvalue weighted by Crippen LogP contribution is 2.18. The summed E-state index contributed by atoms with van der Waals surface area (Å²) in [6.45, 7) is 6.49. The van der Waals surface area contributed by atoms with Crippen molar-refractivity contribution in [2.75, 3.05) is 20.1 Å². The van der Waals surface area contributed by atoms with Gasteiger partial charge in [-0.25, -0.2) is 8.42 Å². The van der Waals surface area contributed by atoms with E-state index in [1.807, 2.05) is 0 Å². The molecule has 0 radical (unpaired) electrons. The molecule has 6 heteroatoms. The van der Waals surface area contributed by atoms with Crippen LogP contribution in [0.1, 0.15) is 12.7 Å². The molecule has 0 amide bonds. The monoisotopic (exact) mass is 258 g/mol. The molecule has 1 N–H and O–H groups in total. The number of hydrogen-bond acceptors (Lipinski definition) is 4. The standard InChI is InChI=1S/C11H18N2O3S/c1-4-8-13(5-2)17(14,15)11-7-6-10(16-11)9-12-3/h4,6-7,12H,1,5,8-9H2,2-3H3. The number of nitrogens with zero attached hydrogens (tertiary/aromatic N) is 1. The molecule has 0 spiro atoms. The van der Waals surface area contributed by atoms with Crippen LogP contribution in [0.5, 0.6) is 0 Å². The molecule has 0 aliphatic rings. The highest BCUT2D eigenvalue weighted by molar-refractivity contribution is 7.89. The Hall–Kier alpha value is -1.11. The maximum Gasteiger partial charge on any atom is 0.276 e. The molecule has 1 aromatic heterocycles. The zero-order valence-electron chi connectivity index (χ0n) is 10.1. The summed E-state index contributed by atoms with van der Waals surface area (Å²) in [6.07, 6.45) is 1.55. The second kappa shape index (κ2) is 6.00. The van der Waals surface area contributed by atoms with Gasteiger partial charge in [-0.1, -0.05) is 13.0 Å². The summed E-state index contributed by atoms with van der Waals surface area (Å²) in [4.78, 5) is 0. The lowest BCUT2D eigenvalue weighted by Gasteiger charge is -2.16. The van der Waals surface area contributed by atoms with Crippen LogP contribution in [0.2, 0.25) is 0 Å². The van der Waals surface area contributed by atoms with Crippen molar-refractivity contribution in [3.05, 3.63) is 30.5 Å². The summed E-state index contributed by atoms with van der Waals surface area (Å²) in [5, 5.41) is 2.88. The lowest BCUT2D eigenvalue weighted by Crippen LogP contribution is -2.30. The molecule has 1 aromatic rings. The molecule has 1 rings (SSSR count). The summed E-state index contributed by atoms with van der Waals surface area (Å²) in [5.41, 5.74) is 0. The average molecular weight is 258 g/mol. The number of sulfonamides is 1. The Kier molecular flexibility index (Phi) is 4.92. The molecule has 0 atom stereocenters. The van der Waals surface area contributed by atoms with Crippen LogP contribution in [0.4, 0.5) is 0 Å². The van der Waals surface area contributed by atoms with Gasteiger partial charge in [0.15, 0.2) is 0 Å². The van der Waals surface area contributed by atoms with Gasteiger partial charge in [0, 0.05) is 13.1 Å². The van der Waals surface area contributed by atoms with E-state index in [1.165, 1.54) is 10.4 Å². The zero-order valence-corrected chi connectivity index (χ0v) is 11.0. The van der Waals surface area contributed by atoms with E-state index >= 15 is 0 Å². The molecular weight excluding hydrogens is 240 g/mol. The van der Waals surface area contributed by atoms with Crippen molar-refractivity contribution >= 4 is 10.0 Å². The van der Waals surface area contributed by atoms with E-state index in [0.717, 1.165) is 0 Å². The summed E-state index contributed by atoms with van der Waals surface area (Å²) < 4.78 is 30.9. The summed E-state index contributed by atoms with van der Waals surface area (Å²) >= 11 is 0. The SMILES string of the molecule is C=CCN(CC)S(=O)(=O)c1ccc(CNC)o1. The minimum atomic E-state index is -3.54. The topological polar surface area (TPSA) is 62.6 Å². The van der Waals surface area contributed by atoms with Gasteiger partial charge >= 0.3 is 0 Å². The van der Waals surface area contributed by atoms with Crippen LogP contribution in [0.15, 0.2) is 34.3 Å². The molecule has 96 valence electrons. The molecule has 0 unspecified atom stereocenters. The maximum absolute atomic E-state index is 12.1. The van der Waals surface area contributed by atoms with Gasteiger partial charge in [0.1, 0.15) is 5.76 Å². The lowest BCUT2D eigenvalue weighted by atomic mass is 10.4. The third kappa shape index (κ3) is 3.18. The van der Waals surface area contributed by atoms with E-state index < -0.39 is 10.0 Å². The largest absolute Gasteiger partial charge is 0.447 e. The number of hydrogen-bond donors (Lipinski definition) is 1. The first-order valence-corrected chi connectivity index (χ1v) is 6.84. The average Bonchev–Trinajstić information content (AvgIpc) is 2.75. The smallest absolute Gasteiger partial charge is 0.276 e. The van der Waals surface area contributed by atoms with Gasteiger partial charge in [-0.15, -0.1) is 6.58 Å². The van der Waals surface area contributed by atoms with Crippen LogP contribution in [-0.2, 0) is 16.6 Å². The fraction of sp³-hybridized carbons (Fsp3) is 0.455. The quantitative estimate of drug-likeness (QED) is 0.746. The van der Waals surface area contributed by atoms with Crippen molar-refractivity contribution in [2.24, 2.45) is 0 Å². The van der Waals surface area contributed by atoms with E-state index in [0.29, 0.717) is 18.8 Å². The zero-order chi connectivity index (χ0) is 12.9. The number of rotatable bonds is 7. The first kappa shape index (κ1) is 14.0. The highest BCUT2D eigenvalue weighted by atomic mass is 32.2. The van der Waals surface area contributed by atoms with E-state index in [1.54, 1.807) is 26.1 Å². The predicted molar refractivity (Wildman–Crippen MR) is 66.1 cm³/mol. The van der Waals surface area contributed by atoms with Gasteiger partial charge < -0.3 is 9.73 Å². The molecule has 1 heterocycles. The van der Waals surface area contributed by atoms with Crippen LogP contribution in [0.3, 0.4) is 0 Å². The number of furan rings is 1. The van der Waals surface area contributed by atoms with Crippen LogP contribution in [-0.4, -0.2) is 32.9 Å². The van der Waals surface area contributed by atoms with E-state index in [9.17, 15) is 8.42 Å². The first-order chi connectivity index (χ1) is 8.06. The molecular formula is C11H18N2O3S. The summed E-state index contributed by atoms with van der Waals surface area (Å²) in [5.74, 6) is 0.598. The fourth-order valence-electron chi connectivity index (χ4n) is 1.43. The summed E-state index contributed by atoms with van der Waals surface area (Å²) in [6, 6.07) is 3.14. The van der Waals surface area contributed by atoms with Crippen molar-refractivity contribution in [1.82, 2.24) is 9.62 Å². The van der Waals surface area contributed by atoms with Crippen molar-refractivity contribution in [3.8, 4) is 0 Å². The van der Waals surface area contributed by atoms with Gasteiger partial charge in [0.05, 0.1) is 6.54 Å². The molecule has 0 aliphatic carbocycles. The van der Waals surface area contributed by atoms with Crippen molar-refractivity contribution in [3.63, 3.8) is 0 Å². The second-order valence-electron chi connectivity index (χ2n) is 3.50. The molecule has 5 nitrogen and oxygen atoms in total. The molecule has 17 heavy (non-hydrogen) atoms. The predicted octanol–water partition coefficient (Wildman–Crippen LogP) is 1.20. The first-order valence-electron chi connectivity index (χ1n) is 5.40. The summed E-state index contributed by atoms with van der Waals surface area (Å²) in [7, 11) is -1.77. The van der Waals surface area contributed by atoms with E-state index in [2.05, 4.69) is 11.9 Å². The highest BCUT2D eigenvalue weighted by Gasteiger charge is 2.25. The fourth-order valence-corrected chi connectivity index (χ4v) is 2.78. The Balaban J connectivity index is 2.98. The van der Waals surface area contributed by atoms with Crippen LogP contribution < -0.4 is 5.32 Å². The van der Waals surface area contributed by atoms with Crippen LogP contribution in [0, 0.1) is 0 Å². The minimum absolute atomic E-state index is 0.0218. The van der Waals surface area contributed by atoms with Gasteiger partial charge in [-0.3, -0.25) is 0 Å². The van der Waals surface area contributed by atoms with Gasteiger partial charge in [0.25, 0.3) is 10.0 Å². The van der Waals surface area contributed by atoms with E-state index in [4.69, 9.17) is 4.42 Å². The normalized spacial score (nSPS) is 11.9. The Labute approximate surface area is 102 Å². The second-order valence-corrected chi connectivity index (χ2v) is 5.36. The molecule has 0 saturated carbocycles. The Morgan fingerprint density at radius 2 is 2.24 bits per heavy atom. The van der Waals surface area contributed by atoms with Crippen LogP contribution >= 0.6 is 0 Å².